The van der Waals surface area contributed by atoms with E-state index in [0.717, 1.165) is 22.9 Å². The lowest BCUT2D eigenvalue weighted by Crippen LogP contribution is -2.31. The van der Waals surface area contributed by atoms with E-state index in [4.69, 9.17) is 4.74 Å². The molecule has 0 bridgehead atoms. The van der Waals surface area contributed by atoms with E-state index in [1.807, 2.05) is 31.2 Å². The molecule has 1 aliphatic carbocycles. The highest BCUT2D eigenvalue weighted by Crippen LogP contribution is 2.30. The van der Waals surface area contributed by atoms with E-state index in [9.17, 15) is 9.59 Å². The second-order valence-corrected chi connectivity index (χ2v) is 5.55. The molecule has 1 atom stereocenters. The third-order valence-corrected chi connectivity index (χ3v) is 3.73. The molecule has 0 spiro atoms. The standard InChI is InChI=1S/C14H16BrNO3/c1-9(11-4-2-3-5-12(11)15)16-13(17)8-19-14(18)10-6-7-10/h2-5,9-10H,6-8H2,1H3,(H,16,17)/t9-/m0/s1. The van der Waals surface area contributed by atoms with Crippen LogP contribution in [-0.4, -0.2) is 18.5 Å². The molecule has 2 rings (SSSR count). The van der Waals surface area contributed by atoms with Crippen LogP contribution in [0.1, 0.15) is 31.4 Å². The van der Waals surface area contributed by atoms with Crippen molar-refractivity contribution < 1.29 is 14.3 Å². The first-order valence-electron chi connectivity index (χ1n) is 6.28. The summed E-state index contributed by atoms with van der Waals surface area (Å²) < 4.78 is 5.87. The van der Waals surface area contributed by atoms with Crippen molar-refractivity contribution in [2.24, 2.45) is 5.92 Å². The van der Waals surface area contributed by atoms with Crippen LogP contribution >= 0.6 is 15.9 Å². The Morgan fingerprint density at radius 2 is 2.11 bits per heavy atom. The number of esters is 1. The highest BCUT2D eigenvalue weighted by Gasteiger charge is 2.31. The summed E-state index contributed by atoms with van der Waals surface area (Å²) in [4.78, 5) is 23.0. The quantitative estimate of drug-likeness (QED) is 0.846. The SMILES string of the molecule is C[C@H](NC(=O)COC(=O)C1CC1)c1ccccc1Br. The minimum absolute atomic E-state index is 0.0218. The van der Waals surface area contributed by atoms with Gasteiger partial charge in [0, 0.05) is 4.47 Å². The van der Waals surface area contributed by atoms with Crippen molar-refractivity contribution in [3.8, 4) is 0 Å². The van der Waals surface area contributed by atoms with Crippen molar-refractivity contribution in [2.45, 2.75) is 25.8 Å². The average Bonchev–Trinajstić information content (AvgIpc) is 3.20. The summed E-state index contributed by atoms with van der Waals surface area (Å²) in [5.74, 6) is -0.519. The van der Waals surface area contributed by atoms with Crippen molar-refractivity contribution in [2.75, 3.05) is 6.61 Å². The van der Waals surface area contributed by atoms with Crippen LogP contribution in [0.4, 0.5) is 0 Å². The number of hydrogen-bond acceptors (Lipinski definition) is 3. The van der Waals surface area contributed by atoms with Crippen LogP contribution in [0.15, 0.2) is 28.7 Å². The zero-order valence-corrected chi connectivity index (χ0v) is 12.3. The Kier molecular flexibility index (Phi) is 4.58. The Balaban J connectivity index is 1.81. The fourth-order valence-corrected chi connectivity index (χ4v) is 2.39. The molecule has 5 heteroatoms. The lowest BCUT2D eigenvalue weighted by atomic mass is 10.1. The Morgan fingerprint density at radius 1 is 1.42 bits per heavy atom. The molecule has 1 fully saturated rings. The molecule has 1 N–H and O–H groups in total. The van der Waals surface area contributed by atoms with Gasteiger partial charge in [0.2, 0.25) is 0 Å². The van der Waals surface area contributed by atoms with E-state index in [1.54, 1.807) is 0 Å². The Morgan fingerprint density at radius 3 is 2.74 bits per heavy atom. The van der Waals surface area contributed by atoms with Crippen LogP contribution in [0, 0.1) is 5.92 Å². The van der Waals surface area contributed by atoms with Crippen molar-refractivity contribution in [1.29, 1.82) is 0 Å². The lowest BCUT2D eigenvalue weighted by Gasteiger charge is -2.15. The van der Waals surface area contributed by atoms with Gasteiger partial charge in [-0.3, -0.25) is 9.59 Å². The maximum absolute atomic E-state index is 11.7. The maximum Gasteiger partial charge on any atom is 0.309 e. The van der Waals surface area contributed by atoms with Crippen molar-refractivity contribution in [3.63, 3.8) is 0 Å². The number of carbonyl (C=O) groups excluding carboxylic acids is 2. The molecule has 1 aliphatic rings. The molecule has 19 heavy (non-hydrogen) atoms. The number of amides is 1. The maximum atomic E-state index is 11.7. The van der Waals surface area contributed by atoms with Gasteiger partial charge in [0.1, 0.15) is 0 Å². The minimum atomic E-state index is -0.280. The zero-order chi connectivity index (χ0) is 13.8. The summed E-state index contributed by atoms with van der Waals surface area (Å²) in [6.45, 7) is 1.69. The summed E-state index contributed by atoms with van der Waals surface area (Å²) in [6, 6.07) is 7.55. The van der Waals surface area contributed by atoms with Gasteiger partial charge in [0.05, 0.1) is 12.0 Å². The van der Waals surface area contributed by atoms with Gasteiger partial charge in [0.25, 0.3) is 5.91 Å². The first-order chi connectivity index (χ1) is 9.08. The monoisotopic (exact) mass is 325 g/mol. The number of ether oxygens (including phenoxy) is 1. The van der Waals surface area contributed by atoms with Crippen molar-refractivity contribution in [1.82, 2.24) is 5.32 Å². The van der Waals surface area contributed by atoms with Crippen LogP contribution in [0.5, 0.6) is 0 Å². The molecule has 1 aromatic rings. The highest BCUT2D eigenvalue weighted by molar-refractivity contribution is 9.10. The largest absolute Gasteiger partial charge is 0.455 e. The first-order valence-corrected chi connectivity index (χ1v) is 7.07. The molecule has 0 saturated heterocycles. The molecular weight excluding hydrogens is 310 g/mol. The summed E-state index contributed by atoms with van der Waals surface area (Å²) >= 11 is 3.44. The average molecular weight is 326 g/mol. The van der Waals surface area contributed by atoms with Gasteiger partial charge in [-0.05, 0) is 31.4 Å². The first kappa shape index (κ1) is 14.1. The molecule has 0 aromatic heterocycles. The molecule has 1 amide bonds. The van der Waals surface area contributed by atoms with Crippen LogP contribution < -0.4 is 5.32 Å². The summed E-state index contributed by atoms with van der Waals surface area (Å²) in [7, 11) is 0. The molecule has 1 saturated carbocycles. The number of carbonyl (C=O) groups is 2. The molecular formula is C14H16BrNO3. The van der Waals surface area contributed by atoms with E-state index in [1.165, 1.54) is 0 Å². The van der Waals surface area contributed by atoms with Gasteiger partial charge < -0.3 is 10.1 Å². The second kappa shape index (κ2) is 6.19. The number of halogens is 1. The molecule has 0 radical (unpaired) electrons. The molecule has 0 unspecified atom stereocenters. The van der Waals surface area contributed by atoms with E-state index < -0.39 is 0 Å². The van der Waals surface area contributed by atoms with Gasteiger partial charge in [-0.15, -0.1) is 0 Å². The predicted octanol–water partition coefficient (Wildman–Crippen LogP) is 2.58. The fourth-order valence-electron chi connectivity index (χ4n) is 1.76. The Labute approximate surface area is 120 Å². The molecule has 0 aliphatic heterocycles. The van der Waals surface area contributed by atoms with E-state index in [-0.39, 0.29) is 30.4 Å². The summed E-state index contributed by atoms with van der Waals surface area (Å²) in [5.41, 5.74) is 0.990. The minimum Gasteiger partial charge on any atom is -0.455 e. The van der Waals surface area contributed by atoms with Crippen molar-refractivity contribution >= 4 is 27.8 Å². The van der Waals surface area contributed by atoms with Crippen LogP contribution in [-0.2, 0) is 14.3 Å². The zero-order valence-electron chi connectivity index (χ0n) is 10.7. The third kappa shape index (κ3) is 4.06. The highest BCUT2D eigenvalue weighted by atomic mass is 79.9. The molecule has 0 heterocycles. The van der Waals surface area contributed by atoms with E-state index >= 15 is 0 Å². The smallest absolute Gasteiger partial charge is 0.309 e. The Bertz CT molecular complexity index is 485. The van der Waals surface area contributed by atoms with Gasteiger partial charge in [-0.25, -0.2) is 0 Å². The predicted molar refractivity (Wildman–Crippen MR) is 74.4 cm³/mol. The summed E-state index contributed by atoms with van der Waals surface area (Å²) in [5, 5.41) is 2.81. The van der Waals surface area contributed by atoms with Gasteiger partial charge in [0.15, 0.2) is 6.61 Å². The van der Waals surface area contributed by atoms with Crippen LogP contribution in [0.2, 0.25) is 0 Å². The van der Waals surface area contributed by atoms with E-state index in [0.29, 0.717) is 0 Å². The number of rotatable bonds is 5. The third-order valence-electron chi connectivity index (χ3n) is 3.01. The second-order valence-electron chi connectivity index (χ2n) is 4.69. The van der Waals surface area contributed by atoms with Crippen LogP contribution in [0.25, 0.3) is 0 Å². The molecule has 1 aromatic carbocycles. The number of hydrogen-bond donors (Lipinski definition) is 1. The van der Waals surface area contributed by atoms with Crippen LogP contribution in [0.3, 0.4) is 0 Å². The molecule has 102 valence electrons. The normalized spacial score (nSPS) is 15.7. The van der Waals surface area contributed by atoms with Crippen molar-refractivity contribution in [3.05, 3.63) is 34.3 Å². The topological polar surface area (TPSA) is 55.4 Å². The van der Waals surface area contributed by atoms with Gasteiger partial charge in [-0.2, -0.15) is 0 Å². The van der Waals surface area contributed by atoms with Gasteiger partial charge in [-0.1, -0.05) is 34.1 Å². The van der Waals surface area contributed by atoms with Gasteiger partial charge >= 0.3 is 5.97 Å². The number of benzene rings is 1. The molecule has 4 nitrogen and oxygen atoms in total. The summed E-state index contributed by atoms with van der Waals surface area (Å²) in [6.07, 6.45) is 1.77. The number of nitrogens with one attached hydrogen (secondary N) is 1. The lowest BCUT2D eigenvalue weighted by molar-refractivity contribution is -0.150. The Hall–Kier alpha value is -1.36. The van der Waals surface area contributed by atoms with E-state index in [2.05, 4.69) is 21.2 Å². The fraction of sp³-hybridized carbons (Fsp3) is 0.429.